The van der Waals surface area contributed by atoms with E-state index in [0.717, 1.165) is 6.07 Å². The molecular formula is C15H20FN3O2. The van der Waals surface area contributed by atoms with E-state index in [4.69, 9.17) is 10.4 Å². The van der Waals surface area contributed by atoms with E-state index in [1.54, 1.807) is 0 Å². The second-order valence-electron chi connectivity index (χ2n) is 5.59. The maximum Gasteiger partial charge on any atom is 0.315 e. The molecule has 114 valence electrons. The molecule has 6 heteroatoms. The predicted octanol–water partition coefficient (Wildman–Crippen LogP) is 1.91. The first kappa shape index (κ1) is 16.9. The number of aliphatic hydroxyl groups excluding tert-OH is 1. The molecule has 1 aromatic carbocycles. The van der Waals surface area contributed by atoms with Crippen LogP contribution >= 0.6 is 0 Å². The van der Waals surface area contributed by atoms with Gasteiger partial charge in [0.2, 0.25) is 0 Å². The van der Waals surface area contributed by atoms with Gasteiger partial charge in [-0.05, 0) is 24.0 Å². The summed E-state index contributed by atoms with van der Waals surface area (Å²) < 4.78 is 13.6. The van der Waals surface area contributed by atoms with Crippen LogP contribution in [0.5, 0.6) is 0 Å². The third kappa shape index (κ3) is 5.79. The van der Waals surface area contributed by atoms with Crippen LogP contribution in [-0.2, 0) is 6.54 Å². The van der Waals surface area contributed by atoms with Crippen LogP contribution in [0.3, 0.4) is 0 Å². The van der Waals surface area contributed by atoms with Crippen LogP contribution < -0.4 is 10.6 Å². The summed E-state index contributed by atoms with van der Waals surface area (Å²) in [4.78, 5) is 11.6. The van der Waals surface area contributed by atoms with Gasteiger partial charge in [0.05, 0.1) is 11.6 Å². The van der Waals surface area contributed by atoms with Crippen molar-refractivity contribution < 1.29 is 14.3 Å². The normalized spacial score (nSPS) is 10.8. The predicted molar refractivity (Wildman–Crippen MR) is 76.8 cm³/mol. The van der Waals surface area contributed by atoms with Crippen molar-refractivity contribution in [2.24, 2.45) is 5.41 Å². The largest absolute Gasteiger partial charge is 0.396 e. The molecule has 0 aromatic heterocycles. The van der Waals surface area contributed by atoms with Gasteiger partial charge in [-0.1, -0.05) is 19.9 Å². The van der Waals surface area contributed by atoms with Gasteiger partial charge in [0.25, 0.3) is 0 Å². The van der Waals surface area contributed by atoms with Crippen molar-refractivity contribution in [3.63, 3.8) is 0 Å². The molecule has 3 N–H and O–H groups in total. The molecule has 0 atom stereocenters. The summed E-state index contributed by atoms with van der Waals surface area (Å²) in [6.45, 7) is 4.39. The van der Waals surface area contributed by atoms with Crippen LogP contribution in [0.15, 0.2) is 18.2 Å². The number of hydrogen-bond donors (Lipinski definition) is 3. The van der Waals surface area contributed by atoms with Crippen LogP contribution in [-0.4, -0.2) is 24.3 Å². The number of amides is 2. The smallest absolute Gasteiger partial charge is 0.315 e. The van der Waals surface area contributed by atoms with Gasteiger partial charge >= 0.3 is 6.03 Å². The summed E-state index contributed by atoms with van der Waals surface area (Å²) in [5.74, 6) is -0.519. The number of hydrogen-bond acceptors (Lipinski definition) is 3. The molecule has 0 unspecified atom stereocenters. The van der Waals surface area contributed by atoms with Gasteiger partial charge < -0.3 is 15.7 Å². The molecule has 0 aliphatic carbocycles. The molecular weight excluding hydrogens is 273 g/mol. The maximum atomic E-state index is 13.6. The highest BCUT2D eigenvalue weighted by atomic mass is 19.1. The number of carbonyl (C=O) groups is 1. The van der Waals surface area contributed by atoms with Crippen LogP contribution in [0.25, 0.3) is 0 Å². The number of nitrogens with zero attached hydrogens (tertiary/aromatic N) is 1. The zero-order valence-corrected chi connectivity index (χ0v) is 12.2. The third-order valence-corrected chi connectivity index (χ3v) is 3.14. The van der Waals surface area contributed by atoms with E-state index >= 15 is 0 Å². The number of aliphatic hydroxyl groups is 1. The fraction of sp³-hybridized carbons (Fsp3) is 0.467. The molecule has 0 spiro atoms. The molecule has 0 bridgehead atoms. The van der Waals surface area contributed by atoms with Gasteiger partial charge in [0.15, 0.2) is 0 Å². The fourth-order valence-electron chi connectivity index (χ4n) is 1.71. The van der Waals surface area contributed by atoms with Gasteiger partial charge in [0.1, 0.15) is 5.82 Å². The van der Waals surface area contributed by atoms with Gasteiger partial charge in [-0.2, -0.15) is 5.26 Å². The number of urea groups is 1. The average Bonchev–Trinajstić information content (AvgIpc) is 2.43. The summed E-state index contributed by atoms with van der Waals surface area (Å²) in [5, 5.41) is 22.8. The molecule has 21 heavy (non-hydrogen) atoms. The summed E-state index contributed by atoms with van der Waals surface area (Å²) in [7, 11) is 0. The summed E-state index contributed by atoms with van der Waals surface area (Å²) >= 11 is 0. The number of halogens is 1. The topological polar surface area (TPSA) is 85.2 Å². The summed E-state index contributed by atoms with van der Waals surface area (Å²) in [6, 6.07) is 5.57. The van der Waals surface area contributed by atoms with Gasteiger partial charge in [0, 0.05) is 25.3 Å². The highest BCUT2D eigenvalue weighted by Gasteiger charge is 2.18. The zero-order chi connectivity index (χ0) is 15.9. The van der Waals surface area contributed by atoms with Crippen molar-refractivity contribution in [1.82, 2.24) is 10.6 Å². The second-order valence-corrected chi connectivity index (χ2v) is 5.59. The van der Waals surface area contributed by atoms with Crippen molar-refractivity contribution in [1.29, 1.82) is 5.26 Å². The highest BCUT2D eigenvalue weighted by Crippen LogP contribution is 2.17. The molecule has 0 aliphatic heterocycles. The Morgan fingerprint density at radius 2 is 2.14 bits per heavy atom. The first-order valence-electron chi connectivity index (χ1n) is 6.69. The van der Waals surface area contributed by atoms with Gasteiger partial charge in [-0.15, -0.1) is 0 Å². The lowest BCUT2D eigenvalue weighted by molar-refractivity contribution is 0.201. The highest BCUT2D eigenvalue weighted by molar-refractivity contribution is 5.73. The van der Waals surface area contributed by atoms with Gasteiger partial charge in [-0.3, -0.25) is 0 Å². The second kappa shape index (κ2) is 7.60. The number of nitriles is 1. The first-order chi connectivity index (χ1) is 9.88. The van der Waals surface area contributed by atoms with Crippen LogP contribution in [0.4, 0.5) is 9.18 Å². The van der Waals surface area contributed by atoms with E-state index < -0.39 is 11.8 Å². The Morgan fingerprint density at radius 3 is 2.71 bits per heavy atom. The zero-order valence-electron chi connectivity index (χ0n) is 12.2. The third-order valence-electron chi connectivity index (χ3n) is 3.14. The molecule has 0 radical (unpaired) electrons. The van der Waals surface area contributed by atoms with Crippen molar-refractivity contribution in [2.75, 3.05) is 13.2 Å². The summed E-state index contributed by atoms with van der Waals surface area (Å²) in [6.07, 6.45) is 0.581. The fourth-order valence-corrected chi connectivity index (χ4v) is 1.71. The Balaban J connectivity index is 2.45. The van der Waals surface area contributed by atoms with Crippen LogP contribution in [0.2, 0.25) is 0 Å². The molecule has 0 saturated carbocycles. The molecule has 0 saturated heterocycles. The van der Waals surface area contributed by atoms with E-state index in [2.05, 4.69) is 10.6 Å². The molecule has 5 nitrogen and oxygen atoms in total. The van der Waals surface area contributed by atoms with Crippen molar-refractivity contribution in [3.8, 4) is 6.07 Å². The van der Waals surface area contributed by atoms with E-state index in [0.29, 0.717) is 18.5 Å². The maximum absolute atomic E-state index is 13.6. The quantitative estimate of drug-likeness (QED) is 0.749. The van der Waals surface area contributed by atoms with Crippen LogP contribution in [0.1, 0.15) is 31.4 Å². The minimum absolute atomic E-state index is 0.0454. The van der Waals surface area contributed by atoms with Crippen molar-refractivity contribution >= 4 is 6.03 Å². The number of carbonyl (C=O) groups excluding carboxylic acids is 1. The lowest BCUT2D eigenvalue weighted by atomic mass is 9.90. The number of nitrogens with one attached hydrogen (secondary N) is 2. The minimum atomic E-state index is -0.519. The molecule has 1 rings (SSSR count). The Bertz CT molecular complexity index is 538. The van der Waals surface area contributed by atoms with Crippen molar-refractivity contribution in [2.45, 2.75) is 26.8 Å². The van der Waals surface area contributed by atoms with Gasteiger partial charge in [-0.25, -0.2) is 9.18 Å². The molecule has 0 fully saturated rings. The van der Waals surface area contributed by atoms with E-state index in [1.165, 1.54) is 12.1 Å². The SMILES string of the molecule is CC(C)(CCO)CNC(=O)NCc1ccc(C#N)cc1F. The number of benzene rings is 1. The lowest BCUT2D eigenvalue weighted by Gasteiger charge is -2.23. The Morgan fingerprint density at radius 1 is 1.43 bits per heavy atom. The summed E-state index contributed by atoms with van der Waals surface area (Å²) in [5.41, 5.74) is 0.358. The Kier molecular flexibility index (Phi) is 6.12. The average molecular weight is 293 g/mol. The Hall–Kier alpha value is -2.13. The van der Waals surface area contributed by atoms with E-state index in [-0.39, 0.29) is 24.1 Å². The van der Waals surface area contributed by atoms with Crippen LogP contribution in [0, 0.1) is 22.6 Å². The first-order valence-corrected chi connectivity index (χ1v) is 6.69. The monoisotopic (exact) mass is 293 g/mol. The standard InChI is InChI=1S/C15H20FN3O2/c1-15(2,5-6-20)10-19-14(21)18-9-12-4-3-11(8-17)7-13(12)16/h3-4,7,20H,5-6,9-10H2,1-2H3,(H2,18,19,21). The Labute approximate surface area is 123 Å². The minimum Gasteiger partial charge on any atom is -0.396 e. The molecule has 2 amide bonds. The van der Waals surface area contributed by atoms with Crippen molar-refractivity contribution in [3.05, 3.63) is 35.1 Å². The molecule has 0 heterocycles. The number of rotatable bonds is 6. The molecule has 0 aliphatic rings. The lowest BCUT2D eigenvalue weighted by Crippen LogP contribution is -2.40. The molecule has 1 aromatic rings. The van der Waals surface area contributed by atoms with E-state index in [9.17, 15) is 9.18 Å². The van der Waals surface area contributed by atoms with E-state index in [1.807, 2.05) is 19.9 Å².